The molecule has 0 aliphatic rings. The van der Waals surface area contributed by atoms with Crippen LogP contribution in [0, 0.1) is 5.82 Å². The zero-order valence-electron chi connectivity index (χ0n) is 10.8. The van der Waals surface area contributed by atoms with Crippen LogP contribution in [0.5, 0.6) is 5.75 Å². The number of benzene rings is 2. The molecule has 0 saturated heterocycles. The summed E-state index contributed by atoms with van der Waals surface area (Å²) in [6.07, 6.45) is 0.114. The van der Waals surface area contributed by atoms with E-state index in [2.05, 4.69) is 10.1 Å². The second-order valence-electron chi connectivity index (χ2n) is 4.41. The molecule has 106 valence electrons. The van der Waals surface area contributed by atoms with Crippen LogP contribution in [0.1, 0.15) is 11.4 Å². The number of para-hydroxylation sites is 1. The molecule has 1 heterocycles. The van der Waals surface area contributed by atoms with Crippen LogP contribution in [0.15, 0.2) is 47.0 Å². The summed E-state index contributed by atoms with van der Waals surface area (Å²) in [5.74, 6) is 0.0869. The van der Waals surface area contributed by atoms with Crippen molar-refractivity contribution in [2.45, 2.75) is 6.42 Å². The first-order valence-corrected chi connectivity index (χ1v) is 6.57. The van der Waals surface area contributed by atoms with Gasteiger partial charge in [0.1, 0.15) is 11.6 Å². The third-order valence-corrected chi connectivity index (χ3v) is 3.35. The lowest BCUT2D eigenvalue weighted by atomic mass is 10.1. The molecular formula is C15H10ClFN2O2. The summed E-state index contributed by atoms with van der Waals surface area (Å²) in [4.78, 5) is 4.16. The average molecular weight is 305 g/mol. The van der Waals surface area contributed by atoms with Crippen LogP contribution in [-0.4, -0.2) is 15.2 Å². The Labute approximate surface area is 124 Å². The van der Waals surface area contributed by atoms with Crippen molar-refractivity contribution in [2.24, 2.45) is 0 Å². The number of aromatic nitrogens is 2. The molecule has 0 aliphatic carbocycles. The summed E-state index contributed by atoms with van der Waals surface area (Å²) in [5.41, 5.74) is 0.736. The van der Waals surface area contributed by atoms with E-state index in [9.17, 15) is 9.50 Å². The van der Waals surface area contributed by atoms with E-state index in [0.717, 1.165) is 0 Å². The number of aromatic hydroxyl groups is 1. The van der Waals surface area contributed by atoms with Gasteiger partial charge < -0.3 is 9.63 Å². The molecule has 1 aromatic heterocycles. The van der Waals surface area contributed by atoms with Crippen molar-refractivity contribution >= 4 is 11.6 Å². The quantitative estimate of drug-likeness (QED) is 0.799. The maximum Gasteiger partial charge on any atom is 0.261 e. The highest BCUT2D eigenvalue weighted by Gasteiger charge is 2.15. The van der Waals surface area contributed by atoms with Gasteiger partial charge in [-0.1, -0.05) is 35.0 Å². The Morgan fingerprint density at radius 1 is 1.14 bits per heavy atom. The molecule has 0 atom stereocenters. The van der Waals surface area contributed by atoms with E-state index in [1.54, 1.807) is 24.3 Å². The monoisotopic (exact) mass is 304 g/mol. The summed E-state index contributed by atoms with van der Waals surface area (Å²) in [5, 5.41) is 13.8. The maximum absolute atomic E-state index is 13.7. The highest BCUT2D eigenvalue weighted by molar-refractivity contribution is 6.31. The van der Waals surface area contributed by atoms with Crippen molar-refractivity contribution < 1.29 is 14.0 Å². The van der Waals surface area contributed by atoms with Gasteiger partial charge in [-0.3, -0.25) is 0 Å². The van der Waals surface area contributed by atoms with Crippen LogP contribution < -0.4 is 0 Å². The van der Waals surface area contributed by atoms with Crippen LogP contribution in [0.25, 0.3) is 11.5 Å². The van der Waals surface area contributed by atoms with E-state index in [4.69, 9.17) is 16.1 Å². The van der Waals surface area contributed by atoms with Gasteiger partial charge in [-0.2, -0.15) is 4.98 Å². The van der Waals surface area contributed by atoms with E-state index in [1.165, 1.54) is 18.2 Å². The smallest absolute Gasteiger partial charge is 0.261 e. The minimum Gasteiger partial charge on any atom is -0.507 e. The number of nitrogens with zero attached hydrogens (tertiary/aromatic N) is 2. The van der Waals surface area contributed by atoms with Crippen molar-refractivity contribution in [3.05, 3.63) is 64.7 Å². The summed E-state index contributed by atoms with van der Waals surface area (Å²) in [7, 11) is 0. The number of hydrogen-bond donors (Lipinski definition) is 1. The van der Waals surface area contributed by atoms with Crippen molar-refractivity contribution in [1.29, 1.82) is 0 Å². The zero-order chi connectivity index (χ0) is 14.8. The third kappa shape index (κ3) is 2.73. The molecule has 1 N–H and O–H groups in total. The zero-order valence-corrected chi connectivity index (χ0v) is 11.5. The molecule has 0 spiro atoms. The van der Waals surface area contributed by atoms with Crippen LogP contribution in [0.2, 0.25) is 5.02 Å². The van der Waals surface area contributed by atoms with E-state index in [1.807, 2.05) is 0 Å². The van der Waals surface area contributed by atoms with Crippen molar-refractivity contribution in [1.82, 2.24) is 10.1 Å². The van der Waals surface area contributed by atoms with Gasteiger partial charge in [0, 0.05) is 17.0 Å². The molecule has 0 aliphatic heterocycles. The number of halogens is 2. The number of phenols is 1. The molecule has 0 radical (unpaired) electrons. The van der Waals surface area contributed by atoms with Gasteiger partial charge in [-0.05, 0) is 24.3 Å². The second-order valence-corrected chi connectivity index (χ2v) is 4.82. The van der Waals surface area contributed by atoms with Gasteiger partial charge in [0.25, 0.3) is 5.89 Å². The molecule has 6 heteroatoms. The molecule has 0 bridgehead atoms. The van der Waals surface area contributed by atoms with Crippen LogP contribution >= 0.6 is 11.6 Å². The van der Waals surface area contributed by atoms with Gasteiger partial charge >= 0.3 is 0 Å². The largest absolute Gasteiger partial charge is 0.507 e. The Balaban J connectivity index is 1.91. The lowest BCUT2D eigenvalue weighted by Gasteiger charge is -2.01. The lowest BCUT2D eigenvalue weighted by Crippen LogP contribution is -1.95. The number of hydrogen-bond acceptors (Lipinski definition) is 4. The number of rotatable bonds is 3. The Kier molecular flexibility index (Phi) is 3.58. The molecule has 0 fully saturated rings. The highest BCUT2D eigenvalue weighted by atomic mass is 35.5. The number of phenolic OH excluding ortho intramolecular Hbond substituents is 1. The summed E-state index contributed by atoms with van der Waals surface area (Å²) in [6, 6.07) is 11.1. The SMILES string of the molecule is Oc1ccccc1-c1nc(Cc2c(F)cccc2Cl)no1. The molecule has 0 amide bonds. The second kappa shape index (κ2) is 5.54. The predicted octanol–water partition coefficient (Wildman–Crippen LogP) is 3.83. The molecule has 4 nitrogen and oxygen atoms in total. The third-order valence-electron chi connectivity index (χ3n) is 3.00. The Morgan fingerprint density at radius 3 is 2.71 bits per heavy atom. The summed E-state index contributed by atoms with van der Waals surface area (Å²) < 4.78 is 18.8. The lowest BCUT2D eigenvalue weighted by molar-refractivity contribution is 0.418. The topological polar surface area (TPSA) is 59.2 Å². The van der Waals surface area contributed by atoms with Gasteiger partial charge in [0.05, 0.1) is 5.56 Å². The normalized spacial score (nSPS) is 10.8. The predicted molar refractivity (Wildman–Crippen MR) is 75.6 cm³/mol. The molecule has 3 rings (SSSR count). The Hall–Kier alpha value is -2.40. The average Bonchev–Trinajstić information content (AvgIpc) is 2.92. The van der Waals surface area contributed by atoms with E-state index < -0.39 is 5.82 Å². The molecule has 0 saturated carbocycles. The molecule has 2 aromatic carbocycles. The first-order chi connectivity index (χ1) is 10.1. The van der Waals surface area contributed by atoms with Crippen molar-refractivity contribution in [3.63, 3.8) is 0 Å². The molecule has 3 aromatic rings. The fraction of sp³-hybridized carbons (Fsp3) is 0.0667. The van der Waals surface area contributed by atoms with Gasteiger partial charge in [0.2, 0.25) is 0 Å². The van der Waals surface area contributed by atoms with Crippen molar-refractivity contribution in [3.8, 4) is 17.2 Å². The molecular weight excluding hydrogens is 295 g/mol. The summed E-state index contributed by atoms with van der Waals surface area (Å²) >= 11 is 5.96. The van der Waals surface area contributed by atoms with Crippen LogP contribution in [-0.2, 0) is 6.42 Å². The minimum atomic E-state index is -0.420. The van der Waals surface area contributed by atoms with E-state index in [-0.39, 0.29) is 18.1 Å². The molecule has 21 heavy (non-hydrogen) atoms. The van der Waals surface area contributed by atoms with Crippen LogP contribution in [0.3, 0.4) is 0 Å². The first-order valence-electron chi connectivity index (χ1n) is 6.19. The van der Waals surface area contributed by atoms with E-state index in [0.29, 0.717) is 22.0 Å². The maximum atomic E-state index is 13.7. The minimum absolute atomic E-state index is 0.0385. The fourth-order valence-corrected chi connectivity index (χ4v) is 2.18. The van der Waals surface area contributed by atoms with Crippen molar-refractivity contribution in [2.75, 3.05) is 0 Å². The molecule has 0 unspecified atom stereocenters. The van der Waals surface area contributed by atoms with Gasteiger partial charge in [-0.25, -0.2) is 4.39 Å². The Bertz CT molecular complexity index is 769. The first kappa shape index (κ1) is 13.6. The fourth-order valence-electron chi connectivity index (χ4n) is 1.95. The van der Waals surface area contributed by atoms with E-state index >= 15 is 0 Å². The standard InChI is InChI=1S/C15H10ClFN2O2/c16-11-5-3-6-12(17)10(11)8-14-18-15(21-19-14)9-4-1-2-7-13(9)20/h1-7,20H,8H2. The Morgan fingerprint density at radius 2 is 1.95 bits per heavy atom. The van der Waals surface area contributed by atoms with Crippen LogP contribution in [0.4, 0.5) is 4.39 Å². The van der Waals surface area contributed by atoms with Gasteiger partial charge in [0.15, 0.2) is 5.82 Å². The summed E-state index contributed by atoms with van der Waals surface area (Å²) in [6.45, 7) is 0. The highest BCUT2D eigenvalue weighted by Crippen LogP contribution is 2.28. The van der Waals surface area contributed by atoms with Gasteiger partial charge in [-0.15, -0.1) is 0 Å².